The summed E-state index contributed by atoms with van der Waals surface area (Å²) in [5, 5.41) is 0. The fraction of sp³-hybridized carbons (Fsp3) is 1.00. The molecule has 76 valence electrons. The molecule has 2 fully saturated rings. The smallest absolute Gasteiger partial charge is 0.306 e. The summed E-state index contributed by atoms with van der Waals surface area (Å²) >= 11 is 5.65. The Morgan fingerprint density at radius 1 is 1.38 bits per heavy atom. The maximum Gasteiger partial charge on any atom is 0.346 e. The van der Waals surface area contributed by atoms with Crippen LogP contribution in [-0.4, -0.2) is 48.0 Å². The Labute approximate surface area is 83.3 Å². The lowest BCUT2D eigenvalue weighted by atomic mass is 10.4. The van der Waals surface area contributed by atoms with Gasteiger partial charge in [-0.15, -0.1) is 11.6 Å². The number of hydrogen-bond acceptors (Lipinski definition) is 2. The summed E-state index contributed by atoms with van der Waals surface area (Å²) in [6, 6.07) is 0. The Hall–Kier alpha value is 0.400. The van der Waals surface area contributed by atoms with Crippen molar-refractivity contribution in [1.82, 2.24) is 9.34 Å². The minimum atomic E-state index is -2.62. The van der Waals surface area contributed by atoms with Crippen molar-refractivity contribution in [2.45, 2.75) is 6.42 Å². The first-order chi connectivity index (χ1) is 6.27. The van der Waals surface area contributed by atoms with Gasteiger partial charge in [0, 0.05) is 32.1 Å². The zero-order valence-corrected chi connectivity index (χ0v) is 9.14. The fourth-order valence-electron chi connectivity index (χ4n) is 1.53. The quantitative estimate of drug-likeness (QED) is 0.412. The van der Waals surface area contributed by atoms with Gasteiger partial charge in [-0.1, -0.05) is 0 Å². The van der Waals surface area contributed by atoms with Crippen molar-refractivity contribution in [2.24, 2.45) is 0 Å². The van der Waals surface area contributed by atoms with Crippen LogP contribution < -0.4 is 0 Å². The average molecular weight is 225 g/mol. The molecule has 0 aromatic rings. The lowest BCUT2D eigenvalue weighted by Gasteiger charge is -2.34. The number of hydrogen-bond donors (Lipinski definition) is 0. The minimum Gasteiger partial charge on any atom is -0.306 e. The molecule has 0 N–H and O–H groups in total. The van der Waals surface area contributed by atoms with Crippen LogP contribution in [0.1, 0.15) is 6.42 Å². The Morgan fingerprint density at radius 3 is 2.77 bits per heavy atom. The zero-order valence-electron chi connectivity index (χ0n) is 7.49. The number of nitrogens with zero attached hydrogens (tertiary/aromatic N) is 2. The third kappa shape index (κ3) is 1.92. The van der Waals surface area contributed by atoms with Crippen molar-refractivity contribution < 1.29 is 9.09 Å². The molecule has 2 aliphatic rings. The van der Waals surface area contributed by atoms with Crippen molar-refractivity contribution in [3.05, 3.63) is 0 Å². The van der Waals surface area contributed by atoms with Gasteiger partial charge in [-0.2, -0.15) is 0 Å². The molecular weight excluding hydrogens is 211 g/mol. The van der Waals surface area contributed by atoms with E-state index in [0.717, 1.165) is 26.1 Å². The van der Waals surface area contributed by atoms with Crippen molar-refractivity contribution in [2.75, 3.05) is 38.7 Å². The van der Waals surface area contributed by atoms with Crippen LogP contribution in [0.4, 0.5) is 0 Å². The van der Waals surface area contributed by atoms with Crippen LogP contribution in [0.15, 0.2) is 0 Å². The highest BCUT2D eigenvalue weighted by molar-refractivity contribution is 7.54. The van der Waals surface area contributed by atoms with Crippen molar-refractivity contribution in [3.8, 4) is 0 Å². The number of halogens is 1. The van der Waals surface area contributed by atoms with Crippen molar-refractivity contribution >= 4 is 19.3 Å². The molecule has 4 nitrogen and oxygen atoms in total. The lowest BCUT2D eigenvalue weighted by Crippen LogP contribution is -2.32. The van der Waals surface area contributed by atoms with Gasteiger partial charge in [0.1, 0.15) is 0 Å². The summed E-state index contributed by atoms with van der Waals surface area (Å²) < 4.78 is 21.5. The van der Waals surface area contributed by atoms with E-state index in [0.29, 0.717) is 19.0 Å². The summed E-state index contributed by atoms with van der Waals surface area (Å²) in [5.41, 5.74) is 0. The highest BCUT2D eigenvalue weighted by atomic mass is 35.5. The monoisotopic (exact) mass is 224 g/mol. The van der Waals surface area contributed by atoms with E-state index >= 15 is 0 Å². The van der Waals surface area contributed by atoms with E-state index in [4.69, 9.17) is 16.1 Å². The van der Waals surface area contributed by atoms with Gasteiger partial charge in [-0.25, -0.2) is 9.34 Å². The highest BCUT2D eigenvalue weighted by Gasteiger charge is 2.45. The molecule has 0 amide bonds. The van der Waals surface area contributed by atoms with Gasteiger partial charge in [0.15, 0.2) is 0 Å². The van der Waals surface area contributed by atoms with Gasteiger partial charge in [-0.05, 0) is 6.42 Å². The molecule has 0 bridgehead atoms. The molecule has 2 rings (SSSR count). The first kappa shape index (κ1) is 9.94. The van der Waals surface area contributed by atoms with E-state index in [1.165, 1.54) is 0 Å². The molecule has 13 heavy (non-hydrogen) atoms. The van der Waals surface area contributed by atoms with Crippen molar-refractivity contribution in [3.63, 3.8) is 0 Å². The normalized spacial score (nSPS) is 36.4. The highest BCUT2D eigenvalue weighted by Crippen LogP contribution is 2.59. The van der Waals surface area contributed by atoms with E-state index in [2.05, 4.69) is 0 Å². The average Bonchev–Trinajstić information content (AvgIpc) is 2.92. The third-order valence-electron chi connectivity index (χ3n) is 2.30. The maximum absolute atomic E-state index is 12.3. The van der Waals surface area contributed by atoms with Gasteiger partial charge in [0.25, 0.3) is 0 Å². The van der Waals surface area contributed by atoms with Crippen LogP contribution in [0.25, 0.3) is 0 Å². The molecule has 0 aromatic heterocycles. The standard InChI is InChI=1S/C7H14ClN2O2P/c8-2-4-9-3-1-7-12-13(9,11)10-5-6-10/h1-7H2/t13-/m0/s1. The van der Waals surface area contributed by atoms with Crippen LogP contribution in [0, 0.1) is 0 Å². The van der Waals surface area contributed by atoms with Crippen molar-refractivity contribution in [1.29, 1.82) is 0 Å². The molecule has 1 atom stereocenters. The molecule has 0 aliphatic carbocycles. The van der Waals surface area contributed by atoms with Gasteiger partial charge in [-0.3, -0.25) is 4.57 Å². The van der Waals surface area contributed by atoms with E-state index in [-0.39, 0.29) is 0 Å². The van der Waals surface area contributed by atoms with E-state index in [1.54, 1.807) is 0 Å². The molecule has 0 aromatic carbocycles. The topological polar surface area (TPSA) is 32.5 Å². The second-order valence-corrected chi connectivity index (χ2v) is 6.02. The first-order valence-electron chi connectivity index (χ1n) is 4.59. The van der Waals surface area contributed by atoms with Crippen LogP contribution in [0.2, 0.25) is 0 Å². The molecule has 2 heterocycles. The van der Waals surface area contributed by atoms with Crippen LogP contribution in [0.5, 0.6) is 0 Å². The third-order valence-corrected chi connectivity index (χ3v) is 5.22. The Kier molecular flexibility index (Phi) is 2.96. The second-order valence-electron chi connectivity index (χ2n) is 3.27. The van der Waals surface area contributed by atoms with Gasteiger partial charge in [0.05, 0.1) is 6.61 Å². The summed E-state index contributed by atoms with van der Waals surface area (Å²) in [4.78, 5) is 0. The summed E-state index contributed by atoms with van der Waals surface area (Å²) in [7, 11) is -2.62. The number of rotatable bonds is 3. The van der Waals surface area contributed by atoms with E-state index in [1.807, 2.05) is 9.34 Å². The first-order valence-corrected chi connectivity index (χ1v) is 6.65. The largest absolute Gasteiger partial charge is 0.346 e. The maximum atomic E-state index is 12.3. The fourth-order valence-corrected chi connectivity index (χ4v) is 4.25. The van der Waals surface area contributed by atoms with Gasteiger partial charge >= 0.3 is 7.67 Å². The summed E-state index contributed by atoms with van der Waals surface area (Å²) in [5.74, 6) is 0.515. The SMILES string of the molecule is O=[P@]1(N2CC2)OCCCN1CCCl. The molecule has 2 aliphatic heterocycles. The van der Waals surface area contributed by atoms with E-state index in [9.17, 15) is 4.57 Å². The Morgan fingerprint density at radius 2 is 2.15 bits per heavy atom. The zero-order chi connectivity index (χ0) is 9.31. The molecule has 6 heteroatoms. The van der Waals surface area contributed by atoms with Crippen LogP contribution in [-0.2, 0) is 9.09 Å². The van der Waals surface area contributed by atoms with Crippen LogP contribution in [0.3, 0.4) is 0 Å². The van der Waals surface area contributed by atoms with E-state index < -0.39 is 7.67 Å². The molecule has 0 unspecified atom stereocenters. The summed E-state index contributed by atoms with van der Waals surface area (Å²) in [6.45, 7) is 3.93. The minimum absolute atomic E-state index is 0.515. The number of alkyl halides is 1. The Balaban J connectivity index is 2.07. The summed E-state index contributed by atoms with van der Waals surface area (Å²) in [6.07, 6.45) is 0.953. The molecule has 0 saturated carbocycles. The molecule has 0 spiro atoms. The predicted molar refractivity (Wildman–Crippen MR) is 52.0 cm³/mol. The Bertz CT molecular complexity index is 233. The van der Waals surface area contributed by atoms with Gasteiger partial charge < -0.3 is 4.52 Å². The van der Waals surface area contributed by atoms with Gasteiger partial charge in [0.2, 0.25) is 0 Å². The molecular formula is C7H14ClN2O2P. The molecule has 2 saturated heterocycles. The van der Waals surface area contributed by atoms with Crippen LogP contribution >= 0.6 is 19.3 Å². The molecule has 0 radical (unpaired) electrons. The second kappa shape index (κ2) is 3.87. The lowest BCUT2D eigenvalue weighted by molar-refractivity contribution is 0.192. The predicted octanol–water partition coefficient (Wildman–Crippen LogP) is 1.37.